The van der Waals surface area contributed by atoms with Crippen molar-refractivity contribution < 1.29 is 9.90 Å². The summed E-state index contributed by atoms with van der Waals surface area (Å²) >= 11 is 0. The summed E-state index contributed by atoms with van der Waals surface area (Å²) in [5.41, 5.74) is -0.675. The zero-order valence-electron chi connectivity index (χ0n) is 6.42. The number of rotatable bonds is 0. The van der Waals surface area contributed by atoms with Crippen LogP contribution < -0.4 is 0 Å². The van der Waals surface area contributed by atoms with Gasteiger partial charge in [-0.2, -0.15) is 0 Å². The maximum Gasteiger partial charge on any atom is 0.139 e. The molecule has 60 valence electrons. The van der Waals surface area contributed by atoms with Crippen molar-refractivity contribution in [2.75, 3.05) is 0 Å². The van der Waals surface area contributed by atoms with E-state index in [2.05, 4.69) is 0 Å². The van der Waals surface area contributed by atoms with Crippen molar-refractivity contribution in [3.05, 3.63) is 12.2 Å². The third kappa shape index (κ3) is 0.932. The van der Waals surface area contributed by atoms with Gasteiger partial charge in [-0.05, 0) is 19.3 Å². The summed E-state index contributed by atoms with van der Waals surface area (Å²) in [7, 11) is 0. The highest BCUT2D eigenvalue weighted by atomic mass is 16.3. The second-order valence-electron chi connectivity index (χ2n) is 3.53. The summed E-state index contributed by atoms with van der Waals surface area (Å²) in [6, 6.07) is 0. The number of hydrogen-bond acceptors (Lipinski definition) is 2. The first-order valence-electron chi connectivity index (χ1n) is 4.12. The molecule has 0 aromatic heterocycles. The van der Waals surface area contributed by atoms with Gasteiger partial charge in [-0.3, -0.25) is 4.79 Å². The van der Waals surface area contributed by atoms with Crippen molar-refractivity contribution in [2.45, 2.75) is 31.3 Å². The molecule has 1 saturated carbocycles. The molecule has 0 aliphatic heterocycles. The normalized spacial score (nSPS) is 42.6. The van der Waals surface area contributed by atoms with E-state index in [-0.39, 0.29) is 11.7 Å². The second kappa shape index (κ2) is 2.18. The largest absolute Gasteiger partial charge is 0.389 e. The molecule has 2 nitrogen and oxygen atoms in total. The number of ketones is 1. The molecule has 0 bridgehead atoms. The fourth-order valence-corrected chi connectivity index (χ4v) is 2.10. The Labute approximate surface area is 65.9 Å². The van der Waals surface area contributed by atoms with E-state index in [1.165, 1.54) is 0 Å². The van der Waals surface area contributed by atoms with Crippen LogP contribution >= 0.6 is 0 Å². The first-order valence-corrected chi connectivity index (χ1v) is 4.12. The van der Waals surface area contributed by atoms with E-state index < -0.39 is 5.60 Å². The van der Waals surface area contributed by atoms with E-state index in [0.717, 1.165) is 6.42 Å². The predicted octanol–water partition coefficient (Wildman–Crippen LogP) is 1.05. The average molecular weight is 152 g/mol. The Kier molecular flexibility index (Phi) is 1.39. The van der Waals surface area contributed by atoms with Crippen molar-refractivity contribution in [3.8, 4) is 0 Å². The molecule has 11 heavy (non-hydrogen) atoms. The van der Waals surface area contributed by atoms with Gasteiger partial charge in [0.2, 0.25) is 0 Å². The zero-order chi connectivity index (χ0) is 7.90. The van der Waals surface area contributed by atoms with Gasteiger partial charge in [0.15, 0.2) is 0 Å². The molecule has 0 saturated heterocycles. The molecule has 0 aromatic carbocycles. The molecular weight excluding hydrogens is 140 g/mol. The molecule has 1 fully saturated rings. The Hall–Kier alpha value is -0.630. The van der Waals surface area contributed by atoms with Gasteiger partial charge in [0, 0.05) is 6.42 Å². The van der Waals surface area contributed by atoms with Gasteiger partial charge in [-0.1, -0.05) is 12.2 Å². The maximum absolute atomic E-state index is 11.2. The van der Waals surface area contributed by atoms with Crippen LogP contribution in [0.2, 0.25) is 0 Å². The number of fused-ring (bicyclic) bond motifs is 1. The number of carbonyl (C=O) groups excluding carboxylic acids is 1. The zero-order valence-corrected chi connectivity index (χ0v) is 6.42. The fourth-order valence-electron chi connectivity index (χ4n) is 2.10. The lowest BCUT2D eigenvalue weighted by Gasteiger charge is -2.29. The van der Waals surface area contributed by atoms with Gasteiger partial charge < -0.3 is 5.11 Å². The Balaban J connectivity index is 2.29. The van der Waals surface area contributed by atoms with Crippen molar-refractivity contribution in [1.82, 2.24) is 0 Å². The molecule has 2 heteroatoms. The minimum absolute atomic E-state index is 0.0903. The van der Waals surface area contributed by atoms with Crippen LogP contribution in [-0.2, 0) is 4.79 Å². The van der Waals surface area contributed by atoms with Crippen molar-refractivity contribution in [2.24, 2.45) is 5.92 Å². The lowest BCUT2D eigenvalue weighted by atomic mass is 9.81. The van der Waals surface area contributed by atoms with Gasteiger partial charge in [-0.25, -0.2) is 0 Å². The topological polar surface area (TPSA) is 37.3 Å². The van der Waals surface area contributed by atoms with Crippen molar-refractivity contribution in [1.29, 1.82) is 0 Å². The molecule has 0 unspecified atom stereocenters. The van der Waals surface area contributed by atoms with Gasteiger partial charge in [-0.15, -0.1) is 0 Å². The minimum Gasteiger partial charge on any atom is -0.389 e. The molecule has 0 amide bonds. The molecule has 0 radical (unpaired) electrons. The monoisotopic (exact) mass is 152 g/mol. The summed E-state index contributed by atoms with van der Waals surface area (Å²) in [5.74, 6) is 0.157. The number of aliphatic hydroxyl groups is 1. The third-order valence-electron chi connectivity index (χ3n) is 2.85. The summed E-state index contributed by atoms with van der Waals surface area (Å²) in [4.78, 5) is 11.2. The quantitative estimate of drug-likeness (QED) is 0.527. The standard InChI is InChI=1S/C9H12O2/c10-8-4-6-9(11)5-2-1-3-7(8)9/h1-2,7,11H,3-6H2/t7-,9+/m0/s1. The third-order valence-corrected chi connectivity index (χ3v) is 2.85. The molecule has 0 spiro atoms. The average Bonchev–Trinajstić information content (AvgIpc) is 2.29. The van der Waals surface area contributed by atoms with E-state index >= 15 is 0 Å². The highest BCUT2D eigenvalue weighted by Gasteiger charge is 2.46. The summed E-state index contributed by atoms with van der Waals surface area (Å²) in [6.07, 6.45) is 6.64. The molecule has 1 N–H and O–H groups in total. The number of hydrogen-bond donors (Lipinski definition) is 1. The van der Waals surface area contributed by atoms with E-state index in [4.69, 9.17) is 0 Å². The van der Waals surface area contributed by atoms with E-state index in [1.807, 2.05) is 12.2 Å². The SMILES string of the molecule is O=C1CC[C@]2(O)CC=CC[C@@H]12. The summed E-state index contributed by atoms with van der Waals surface area (Å²) in [6.45, 7) is 0. The Morgan fingerprint density at radius 3 is 3.09 bits per heavy atom. The lowest BCUT2D eigenvalue weighted by Crippen LogP contribution is -2.36. The summed E-state index contributed by atoms with van der Waals surface area (Å²) < 4.78 is 0. The maximum atomic E-state index is 11.2. The number of Topliss-reactive ketones (excluding diaryl/α,β-unsaturated/α-hetero) is 1. The van der Waals surface area contributed by atoms with Gasteiger partial charge in [0.1, 0.15) is 5.78 Å². The number of carbonyl (C=O) groups is 1. The van der Waals surface area contributed by atoms with Crippen LogP contribution in [0.4, 0.5) is 0 Å². The van der Waals surface area contributed by atoms with Crippen molar-refractivity contribution >= 4 is 5.78 Å². The number of allylic oxidation sites excluding steroid dienone is 1. The first-order chi connectivity index (χ1) is 5.22. The van der Waals surface area contributed by atoms with Crippen LogP contribution in [0.3, 0.4) is 0 Å². The van der Waals surface area contributed by atoms with Crippen LogP contribution in [0.1, 0.15) is 25.7 Å². The second-order valence-corrected chi connectivity index (χ2v) is 3.53. The van der Waals surface area contributed by atoms with Gasteiger partial charge >= 0.3 is 0 Å². The van der Waals surface area contributed by atoms with Crippen LogP contribution in [0.5, 0.6) is 0 Å². The van der Waals surface area contributed by atoms with Crippen LogP contribution in [0.15, 0.2) is 12.2 Å². The lowest BCUT2D eigenvalue weighted by molar-refractivity contribution is -0.124. The van der Waals surface area contributed by atoms with Crippen molar-refractivity contribution in [3.63, 3.8) is 0 Å². The molecule has 0 heterocycles. The Bertz CT molecular complexity index is 220. The van der Waals surface area contributed by atoms with Gasteiger partial charge in [0.05, 0.1) is 11.5 Å². The van der Waals surface area contributed by atoms with E-state index in [9.17, 15) is 9.90 Å². The fraction of sp³-hybridized carbons (Fsp3) is 0.667. The smallest absolute Gasteiger partial charge is 0.139 e. The van der Waals surface area contributed by atoms with Crippen LogP contribution in [-0.4, -0.2) is 16.5 Å². The molecule has 2 rings (SSSR count). The van der Waals surface area contributed by atoms with E-state index in [0.29, 0.717) is 19.3 Å². The molecular formula is C9H12O2. The first kappa shape index (κ1) is 7.04. The Morgan fingerprint density at radius 2 is 2.36 bits per heavy atom. The highest BCUT2D eigenvalue weighted by Crippen LogP contribution is 2.40. The minimum atomic E-state index is -0.675. The highest BCUT2D eigenvalue weighted by molar-refractivity contribution is 5.85. The van der Waals surface area contributed by atoms with Crippen LogP contribution in [0.25, 0.3) is 0 Å². The Morgan fingerprint density at radius 1 is 1.55 bits per heavy atom. The molecule has 0 aromatic rings. The van der Waals surface area contributed by atoms with Gasteiger partial charge in [0.25, 0.3) is 0 Å². The molecule has 2 aliphatic rings. The predicted molar refractivity (Wildman–Crippen MR) is 41.1 cm³/mol. The molecule has 2 aliphatic carbocycles. The van der Waals surface area contributed by atoms with Crippen LogP contribution in [0, 0.1) is 5.92 Å². The van der Waals surface area contributed by atoms with E-state index in [1.54, 1.807) is 0 Å². The summed E-state index contributed by atoms with van der Waals surface area (Å²) in [5, 5.41) is 9.91. The molecule has 2 atom stereocenters.